The molecular formula is C34H27NO. The van der Waals surface area contributed by atoms with Gasteiger partial charge in [-0.2, -0.15) is 0 Å². The number of ether oxygens (including phenoxy) is 1. The zero-order valence-electron chi connectivity index (χ0n) is 20.0. The molecule has 5 aromatic carbocycles. The van der Waals surface area contributed by atoms with Crippen LogP contribution >= 0.6 is 0 Å². The van der Waals surface area contributed by atoms with Crippen LogP contribution in [0.3, 0.4) is 0 Å². The van der Waals surface area contributed by atoms with Gasteiger partial charge in [-0.25, -0.2) is 4.99 Å². The molecule has 0 amide bonds. The Bertz CT molecular complexity index is 1410. The highest BCUT2D eigenvalue weighted by Gasteiger charge is 2.54. The summed E-state index contributed by atoms with van der Waals surface area (Å²) >= 11 is 0. The Morgan fingerprint density at radius 3 is 1.39 bits per heavy atom. The number of hydrogen-bond donors (Lipinski definition) is 0. The van der Waals surface area contributed by atoms with Crippen LogP contribution in [0.15, 0.2) is 157 Å². The highest BCUT2D eigenvalue weighted by atomic mass is 16.5. The first-order valence-electron chi connectivity index (χ1n) is 12.4. The first-order chi connectivity index (χ1) is 17.8. The molecule has 1 aliphatic rings. The molecule has 0 aromatic heterocycles. The smallest absolute Gasteiger partial charge is 0.213 e. The third kappa shape index (κ3) is 3.86. The minimum Gasteiger partial charge on any atom is -0.327 e. The van der Waals surface area contributed by atoms with Crippen LogP contribution in [0.4, 0.5) is 0 Å². The third-order valence-electron chi connectivity index (χ3n) is 6.89. The maximum absolute atomic E-state index is 7.46. The van der Waals surface area contributed by atoms with E-state index in [0.29, 0.717) is 6.42 Å². The predicted molar refractivity (Wildman–Crippen MR) is 146 cm³/mol. The molecule has 1 heterocycles. The van der Waals surface area contributed by atoms with Crippen LogP contribution in [0.2, 0.25) is 0 Å². The van der Waals surface area contributed by atoms with Gasteiger partial charge in [-0.15, -0.1) is 0 Å². The highest BCUT2D eigenvalue weighted by Crippen LogP contribution is 2.51. The maximum Gasteiger partial charge on any atom is 0.213 e. The SMILES string of the molecule is c1ccc(CC2(c3ccccc3)OC(c3ccccc3)(c3ccccc3)N=C2c2ccccc2)cc1. The van der Waals surface area contributed by atoms with Crippen molar-refractivity contribution < 1.29 is 4.74 Å². The Morgan fingerprint density at radius 2 is 0.889 bits per heavy atom. The van der Waals surface area contributed by atoms with Crippen LogP contribution in [0.25, 0.3) is 0 Å². The summed E-state index contributed by atoms with van der Waals surface area (Å²) in [5, 5.41) is 0. The Labute approximate surface area is 212 Å². The number of nitrogens with zero attached hydrogens (tertiary/aromatic N) is 1. The van der Waals surface area contributed by atoms with E-state index in [1.54, 1.807) is 0 Å². The topological polar surface area (TPSA) is 21.6 Å². The minimum absolute atomic E-state index is 0.660. The van der Waals surface area contributed by atoms with E-state index in [-0.39, 0.29) is 0 Å². The molecule has 2 heteroatoms. The van der Waals surface area contributed by atoms with E-state index in [4.69, 9.17) is 9.73 Å². The highest BCUT2D eigenvalue weighted by molar-refractivity contribution is 6.08. The Morgan fingerprint density at radius 1 is 0.472 bits per heavy atom. The second-order valence-electron chi connectivity index (χ2n) is 9.16. The first kappa shape index (κ1) is 22.2. The van der Waals surface area contributed by atoms with Crippen molar-refractivity contribution in [1.29, 1.82) is 0 Å². The molecule has 5 aromatic rings. The van der Waals surface area contributed by atoms with Gasteiger partial charge in [0.05, 0.1) is 5.71 Å². The van der Waals surface area contributed by atoms with Gasteiger partial charge in [0.15, 0.2) is 0 Å². The van der Waals surface area contributed by atoms with Gasteiger partial charge in [0, 0.05) is 17.5 Å². The second kappa shape index (κ2) is 9.41. The van der Waals surface area contributed by atoms with Crippen LogP contribution in [0.1, 0.15) is 27.8 Å². The maximum atomic E-state index is 7.46. The van der Waals surface area contributed by atoms with Crippen LogP contribution < -0.4 is 0 Å². The molecule has 1 aliphatic heterocycles. The van der Waals surface area contributed by atoms with Gasteiger partial charge in [-0.1, -0.05) is 152 Å². The zero-order valence-corrected chi connectivity index (χ0v) is 20.0. The summed E-state index contributed by atoms with van der Waals surface area (Å²) in [5.74, 6) is 0. The molecule has 0 saturated carbocycles. The van der Waals surface area contributed by atoms with E-state index in [2.05, 4.69) is 133 Å². The molecular weight excluding hydrogens is 438 g/mol. The van der Waals surface area contributed by atoms with Crippen LogP contribution in [0, 0.1) is 0 Å². The molecule has 1 atom stereocenters. The Balaban J connectivity index is 1.67. The Hall–Kier alpha value is -4.27. The summed E-state index contributed by atoms with van der Waals surface area (Å²) in [7, 11) is 0. The minimum atomic E-state index is -0.988. The van der Waals surface area contributed by atoms with Gasteiger partial charge < -0.3 is 4.74 Å². The standard InChI is InChI=1S/C34H27NO/c1-6-16-27(17-7-1)26-33(29-20-10-3-11-21-29)32(28-18-8-2-9-19-28)35-34(36-33,30-22-12-4-13-23-30)31-24-14-5-15-25-31/h1-25H,26H2. The van der Waals surface area contributed by atoms with Crippen molar-refractivity contribution in [1.82, 2.24) is 0 Å². The molecule has 0 fully saturated rings. The monoisotopic (exact) mass is 465 g/mol. The number of benzene rings is 5. The van der Waals surface area contributed by atoms with Crippen molar-refractivity contribution in [2.45, 2.75) is 17.7 Å². The molecule has 0 aliphatic carbocycles. The molecule has 0 bridgehead atoms. The molecule has 2 nitrogen and oxygen atoms in total. The lowest BCUT2D eigenvalue weighted by atomic mass is 9.80. The van der Waals surface area contributed by atoms with Gasteiger partial charge >= 0.3 is 0 Å². The van der Waals surface area contributed by atoms with Crippen molar-refractivity contribution in [3.8, 4) is 0 Å². The third-order valence-corrected chi connectivity index (χ3v) is 6.89. The van der Waals surface area contributed by atoms with Crippen molar-refractivity contribution >= 4 is 5.71 Å². The van der Waals surface area contributed by atoms with E-state index < -0.39 is 11.3 Å². The number of hydrogen-bond acceptors (Lipinski definition) is 2. The summed E-state index contributed by atoms with van der Waals surface area (Å²) in [6.45, 7) is 0. The van der Waals surface area contributed by atoms with Crippen molar-refractivity contribution in [3.63, 3.8) is 0 Å². The molecule has 0 radical (unpaired) electrons. The summed E-state index contributed by atoms with van der Waals surface area (Å²) < 4.78 is 7.46. The van der Waals surface area contributed by atoms with Crippen LogP contribution in [-0.2, 0) is 22.5 Å². The Kier molecular flexibility index (Phi) is 5.80. The molecule has 0 N–H and O–H groups in total. The van der Waals surface area contributed by atoms with E-state index in [1.165, 1.54) is 5.56 Å². The molecule has 1 unspecified atom stereocenters. The van der Waals surface area contributed by atoms with E-state index in [0.717, 1.165) is 28.0 Å². The number of rotatable bonds is 6. The molecule has 174 valence electrons. The molecule has 6 rings (SSSR count). The lowest BCUT2D eigenvalue weighted by molar-refractivity contribution is -0.0830. The first-order valence-corrected chi connectivity index (χ1v) is 12.4. The molecule has 36 heavy (non-hydrogen) atoms. The second-order valence-corrected chi connectivity index (χ2v) is 9.16. The van der Waals surface area contributed by atoms with Gasteiger partial charge in [0.1, 0.15) is 5.60 Å². The van der Waals surface area contributed by atoms with Gasteiger partial charge in [-0.3, -0.25) is 0 Å². The van der Waals surface area contributed by atoms with Crippen LogP contribution in [-0.4, -0.2) is 5.71 Å². The average Bonchev–Trinajstić information content (AvgIpc) is 3.33. The summed E-state index contributed by atoms with van der Waals surface area (Å²) in [4.78, 5) is 5.55. The predicted octanol–water partition coefficient (Wildman–Crippen LogP) is 7.55. The van der Waals surface area contributed by atoms with Crippen molar-refractivity contribution in [2.75, 3.05) is 0 Å². The van der Waals surface area contributed by atoms with Crippen LogP contribution in [0.5, 0.6) is 0 Å². The fourth-order valence-corrected chi connectivity index (χ4v) is 5.21. The number of aliphatic imine (C=N–C) groups is 1. The average molecular weight is 466 g/mol. The largest absolute Gasteiger partial charge is 0.327 e. The van der Waals surface area contributed by atoms with Gasteiger partial charge in [0.25, 0.3) is 0 Å². The summed E-state index contributed by atoms with van der Waals surface area (Å²) in [5.41, 5.74) is 4.52. The zero-order chi connectivity index (χ0) is 24.3. The van der Waals surface area contributed by atoms with E-state index >= 15 is 0 Å². The molecule has 0 spiro atoms. The molecule has 0 saturated heterocycles. The van der Waals surface area contributed by atoms with Gasteiger partial charge in [0.2, 0.25) is 5.72 Å². The quantitative estimate of drug-likeness (QED) is 0.254. The van der Waals surface area contributed by atoms with E-state index in [9.17, 15) is 0 Å². The lowest BCUT2D eigenvalue weighted by Gasteiger charge is -2.36. The fourth-order valence-electron chi connectivity index (χ4n) is 5.21. The summed E-state index contributed by atoms with van der Waals surface area (Å²) in [6.07, 6.45) is 0.660. The van der Waals surface area contributed by atoms with Gasteiger partial charge in [-0.05, 0) is 16.7 Å². The fraction of sp³-hybridized carbons (Fsp3) is 0.0882. The summed E-state index contributed by atoms with van der Waals surface area (Å²) in [6, 6.07) is 52.3. The lowest BCUT2D eigenvalue weighted by Crippen LogP contribution is -2.41. The van der Waals surface area contributed by atoms with Crippen molar-refractivity contribution in [3.05, 3.63) is 179 Å². The normalized spacial score (nSPS) is 18.5. The van der Waals surface area contributed by atoms with E-state index in [1.807, 2.05) is 18.2 Å². The van der Waals surface area contributed by atoms with Crippen molar-refractivity contribution in [2.24, 2.45) is 4.99 Å².